The van der Waals surface area contributed by atoms with Crippen molar-refractivity contribution in [3.63, 3.8) is 0 Å². The number of hydrogen-bond acceptors (Lipinski definition) is 3. The highest BCUT2D eigenvalue weighted by atomic mass is 16.3. The van der Waals surface area contributed by atoms with Crippen molar-refractivity contribution < 1.29 is 15.3 Å². The Morgan fingerprint density at radius 2 is 1.85 bits per heavy atom. The van der Waals surface area contributed by atoms with E-state index in [-0.39, 0.29) is 23.5 Å². The topological polar surface area (TPSA) is 60.7 Å². The largest absolute Gasteiger partial charge is 0.504 e. The smallest absolute Gasteiger partial charge is 0.157 e. The Balaban J connectivity index is 2.37. The van der Waals surface area contributed by atoms with Crippen LogP contribution in [0.2, 0.25) is 0 Å². The number of rotatable bonds is 2. The van der Waals surface area contributed by atoms with Crippen molar-refractivity contribution in [1.29, 1.82) is 0 Å². The summed E-state index contributed by atoms with van der Waals surface area (Å²) in [5, 5.41) is 27.5. The van der Waals surface area contributed by atoms with Gasteiger partial charge in [0.1, 0.15) is 0 Å². The third kappa shape index (κ3) is 1.25. The van der Waals surface area contributed by atoms with E-state index in [1.807, 2.05) is 0 Å². The fraction of sp³-hybridized carbons (Fsp3) is 0.400. The van der Waals surface area contributed by atoms with Crippen LogP contribution in [-0.4, -0.2) is 21.9 Å². The summed E-state index contributed by atoms with van der Waals surface area (Å²) in [5.74, 6) is -0.227. The fourth-order valence-electron chi connectivity index (χ4n) is 1.54. The highest BCUT2D eigenvalue weighted by Gasteiger charge is 2.43. The molecule has 1 fully saturated rings. The molecule has 0 saturated heterocycles. The average molecular weight is 180 g/mol. The Hall–Kier alpha value is -1.22. The second kappa shape index (κ2) is 2.64. The number of benzene rings is 1. The van der Waals surface area contributed by atoms with Gasteiger partial charge < -0.3 is 15.3 Å². The van der Waals surface area contributed by atoms with Crippen LogP contribution < -0.4 is 0 Å². The number of phenols is 2. The van der Waals surface area contributed by atoms with Gasteiger partial charge in [-0.25, -0.2) is 0 Å². The van der Waals surface area contributed by atoms with Crippen molar-refractivity contribution >= 4 is 0 Å². The van der Waals surface area contributed by atoms with Crippen LogP contribution in [0.3, 0.4) is 0 Å². The lowest BCUT2D eigenvalue weighted by molar-refractivity contribution is 0.254. The molecule has 0 aliphatic heterocycles. The van der Waals surface area contributed by atoms with E-state index in [1.165, 1.54) is 12.1 Å². The lowest BCUT2D eigenvalue weighted by atomic mass is 9.97. The van der Waals surface area contributed by atoms with Crippen LogP contribution in [0.15, 0.2) is 18.2 Å². The maximum absolute atomic E-state index is 9.26. The van der Waals surface area contributed by atoms with Gasteiger partial charge in [-0.3, -0.25) is 0 Å². The molecule has 1 saturated carbocycles. The first-order valence-electron chi connectivity index (χ1n) is 4.31. The summed E-state index contributed by atoms with van der Waals surface area (Å²) in [5.41, 5.74) is 0.760. The number of aliphatic hydroxyl groups excluding tert-OH is 1. The molecule has 1 aromatic rings. The molecule has 0 bridgehead atoms. The van der Waals surface area contributed by atoms with E-state index >= 15 is 0 Å². The Morgan fingerprint density at radius 3 is 2.31 bits per heavy atom. The van der Waals surface area contributed by atoms with Gasteiger partial charge in [-0.1, -0.05) is 6.07 Å². The molecule has 13 heavy (non-hydrogen) atoms. The van der Waals surface area contributed by atoms with Crippen LogP contribution >= 0.6 is 0 Å². The van der Waals surface area contributed by atoms with Crippen molar-refractivity contribution in [1.82, 2.24) is 0 Å². The lowest BCUT2D eigenvalue weighted by Gasteiger charge is -2.12. The first kappa shape index (κ1) is 8.38. The summed E-state index contributed by atoms with van der Waals surface area (Å²) < 4.78 is 0. The number of hydrogen-bond donors (Lipinski definition) is 3. The van der Waals surface area contributed by atoms with Gasteiger partial charge in [0.05, 0.1) is 6.61 Å². The van der Waals surface area contributed by atoms with Gasteiger partial charge in [0.2, 0.25) is 0 Å². The number of aliphatic hydroxyl groups is 1. The molecule has 0 radical (unpaired) electrons. The Morgan fingerprint density at radius 1 is 1.15 bits per heavy atom. The maximum Gasteiger partial charge on any atom is 0.157 e. The van der Waals surface area contributed by atoms with Gasteiger partial charge in [-0.05, 0) is 30.5 Å². The van der Waals surface area contributed by atoms with Crippen LogP contribution in [0.1, 0.15) is 18.4 Å². The van der Waals surface area contributed by atoms with E-state index in [9.17, 15) is 5.11 Å². The van der Waals surface area contributed by atoms with Crippen LogP contribution in [0.5, 0.6) is 11.5 Å². The predicted octanol–water partition coefficient (Wildman–Crippen LogP) is 1.12. The maximum atomic E-state index is 9.26. The fourth-order valence-corrected chi connectivity index (χ4v) is 1.54. The Kier molecular flexibility index (Phi) is 1.70. The van der Waals surface area contributed by atoms with Gasteiger partial charge in [0, 0.05) is 5.41 Å². The van der Waals surface area contributed by atoms with Crippen molar-refractivity contribution in [3.8, 4) is 11.5 Å². The molecular weight excluding hydrogens is 168 g/mol. The van der Waals surface area contributed by atoms with Crippen LogP contribution in [0, 0.1) is 0 Å². The molecule has 1 aliphatic carbocycles. The highest BCUT2D eigenvalue weighted by Crippen LogP contribution is 2.49. The summed E-state index contributed by atoms with van der Waals surface area (Å²) >= 11 is 0. The van der Waals surface area contributed by atoms with Crippen LogP contribution in [-0.2, 0) is 5.41 Å². The van der Waals surface area contributed by atoms with E-state index in [0.29, 0.717) is 0 Å². The molecule has 0 amide bonds. The van der Waals surface area contributed by atoms with Crippen molar-refractivity contribution in [2.45, 2.75) is 18.3 Å². The zero-order valence-corrected chi connectivity index (χ0v) is 7.20. The van der Waals surface area contributed by atoms with Gasteiger partial charge in [0.25, 0.3) is 0 Å². The van der Waals surface area contributed by atoms with Crippen molar-refractivity contribution in [2.24, 2.45) is 0 Å². The summed E-state index contributed by atoms with van der Waals surface area (Å²) in [4.78, 5) is 0. The quantitative estimate of drug-likeness (QED) is 0.598. The highest BCUT2D eigenvalue weighted by molar-refractivity contribution is 5.45. The average Bonchev–Trinajstić information content (AvgIpc) is 2.90. The molecule has 0 unspecified atom stereocenters. The third-order valence-corrected chi connectivity index (χ3v) is 2.74. The van der Waals surface area contributed by atoms with Crippen molar-refractivity contribution in [2.75, 3.05) is 6.61 Å². The van der Waals surface area contributed by atoms with Gasteiger partial charge >= 0.3 is 0 Å². The number of phenolic OH excluding ortho intramolecular Hbond substituents is 2. The molecule has 3 nitrogen and oxygen atoms in total. The minimum absolute atomic E-state index is 0.108. The molecule has 0 atom stereocenters. The molecule has 0 aromatic heterocycles. The molecule has 3 N–H and O–H groups in total. The van der Waals surface area contributed by atoms with E-state index in [1.54, 1.807) is 6.07 Å². The van der Waals surface area contributed by atoms with E-state index in [4.69, 9.17) is 10.2 Å². The third-order valence-electron chi connectivity index (χ3n) is 2.74. The molecule has 3 heteroatoms. The molecular formula is C10H12O3. The molecule has 70 valence electrons. The molecule has 1 aliphatic rings. The summed E-state index contributed by atoms with van der Waals surface area (Å²) in [7, 11) is 0. The van der Waals surface area contributed by atoms with Gasteiger partial charge in [0.15, 0.2) is 11.5 Å². The summed E-state index contributed by atoms with van der Waals surface area (Å²) in [6.45, 7) is 0.108. The zero-order chi connectivity index (χ0) is 9.47. The molecule has 0 spiro atoms. The predicted molar refractivity (Wildman–Crippen MR) is 47.8 cm³/mol. The standard InChI is InChI=1S/C10H12O3/c11-6-10(3-4-10)7-1-2-8(12)9(13)5-7/h1-2,5,11-13H,3-4,6H2. The van der Waals surface area contributed by atoms with Gasteiger partial charge in [-0.2, -0.15) is 0 Å². The van der Waals surface area contributed by atoms with Crippen LogP contribution in [0.25, 0.3) is 0 Å². The number of aromatic hydroxyl groups is 2. The minimum Gasteiger partial charge on any atom is -0.504 e. The van der Waals surface area contributed by atoms with E-state index < -0.39 is 0 Å². The van der Waals surface area contributed by atoms with Gasteiger partial charge in [-0.15, -0.1) is 0 Å². The SMILES string of the molecule is OCC1(c2ccc(O)c(O)c2)CC1. The first-order chi connectivity index (χ1) is 6.18. The summed E-state index contributed by atoms with van der Waals surface area (Å²) in [6, 6.07) is 4.73. The van der Waals surface area contributed by atoms with E-state index in [2.05, 4.69) is 0 Å². The first-order valence-corrected chi connectivity index (χ1v) is 4.31. The summed E-state index contributed by atoms with van der Waals surface area (Å²) in [6.07, 6.45) is 1.90. The Bertz CT molecular complexity index is 329. The second-order valence-electron chi connectivity index (χ2n) is 3.64. The molecule has 2 rings (SSSR count). The monoisotopic (exact) mass is 180 g/mol. The Labute approximate surface area is 76.3 Å². The molecule has 1 aromatic carbocycles. The zero-order valence-electron chi connectivity index (χ0n) is 7.20. The van der Waals surface area contributed by atoms with Crippen molar-refractivity contribution in [3.05, 3.63) is 23.8 Å². The molecule has 0 heterocycles. The van der Waals surface area contributed by atoms with Crippen LogP contribution in [0.4, 0.5) is 0 Å². The second-order valence-corrected chi connectivity index (χ2v) is 3.64. The minimum atomic E-state index is -0.148. The lowest BCUT2D eigenvalue weighted by Crippen LogP contribution is -2.11. The van der Waals surface area contributed by atoms with E-state index in [0.717, 1.165) is 18.4 Å². The normalized spacial score (nSPS) is 18.5.